The number of aryl methyl sites for hydroxylation is 1. The minimum Gasteiger partial charge on any atom is -0.323 e. The van der Waals surface area contributed by atoms with Gasteiger partial charge in [0.2, 0.25) is 5.91 Å². The van der Waals surface area contributed by atoms with Crippen LogP contribution in [0.25, 0.3) is 0 Å². The molecule has 1 heterocycles. The van der Waals surface area contributed by atoms with Crippen LogP contribution < -0.4 is 10.9 Å². The molecule has 2 rings (SSSR count). The summed E-state index contributed by atoms with van der Waals surface area (Å²) in [5.74, 6) is -0.541. The first kappa shape index (κ1) is 18.8. The lowest BCUT2D eigenvalue weighted by Crippen LogP contribution is -2.28. The van der Waals surface area contributed by atoms with Crippen LogP contribution in [0.4, 0.5) is 11.4 Å². The number of nitrogens with one attached hydrogen (secondary N) is 1. The molecule has 0 saturated heterocycles. The van der Waals surface area contributed by atoms with Gasteiger partial charge in [0.25, 0.3) is 11.2 Å². The number of rotatable bonds is 7. The maximum atomic E-state index is 12.1. The van der Waals surface area contributed by atoms with E-state index >= 15 is 0 Å². The molecule has 0 spiro atoms. The lowest BCUT2D eigenvalue weighted by atomic mass is 10.1. The van der Waals surface area contributed by atoms with Crippen LogP contribution in [-0.4, -0.2) is 20.4 Å². The average molecular weight is 355 g/mol. The van der Waals surface area contributed by atoms with E-state index in [0.717, 1.165) is 23.5 Å². The monoisotopic (exact) mass is 355 g/mol. The molecule has 2 aromatic rings. The summed E-state index contributed by atoms with van der Waals surface area (Å²) in [5.41, 5.74) is 0.195. The number of aromatic nitrogens is 2. The fraction of sp³-hybridized carbons (Fsp3) is 0.294. The summed E-state index contributed by atoms with van der Waals surface area (Å²) >= 11 is 0. The molecule has 0 aliphatic heterocycles. The Morgan fingerprint density at radius 2 is 2.19 bits per heavy atom. The van der Waals surface area contributed by atoms with Crippen LogP contribution in [0.5, 0.6) is 0 Å². The maximum absolute atomic E-state index is 12.1. The van der Waals surface area contributed by atoms with Crippen LogP contribution in [0.1, 0.15) is 31.0 Å². The number of nitro benzene ring substituents is 1. The molecular weight excluding hydrogens is 338 g/mol. The number of nitro groups is 1. The van der Waals surface area contributed by atoms with Crippen LogP contribution in [0.3, 0.4) is 0 Å². The zero-order valence-corrected chi connectivity index (χ0v) is 14.1. The average Bonchev–Trinajstić information content (AvgIpc) is 2.62. The van der Waals surface area contributed by atoms with E-state index in [1.54, 1.807) is 6.07 Å². The summed E-state index contributed by atoms with van der Waals surface area (Å²) in [6.07, 6.45) is 3.93. The van der Waals surface area contributed by atoms with Gasteiger partial charge in [0.15, 0.2) is 0 Å². The van der Waals surface area contributed by atoms with Crippen molar-refractivity contribution in [3.8, 4) is 6.07 Å². The Morgan fingerprint density at radius 1 is 1.42 bits per heavy atom. The van der Waals surface area contributed by atoms with E-state index in [-0.39, 0.29) is 29.0 Å². The molecule has 0 atom stereocenters. The Balaban J connectivity index is 2.11. The molecule has 1 aromatic heterocycles. The van der Waals surface area contributed by atoms with E-state index in [0.29, 0.717) is 12.1 Å². The summed E-state index contributed by atoms with van der Waals surface area (Å²) in [6.45, 7) is 1.76. The van der Waals surface area contributed by atoms with Crippen molar-refractivity contribution >= 4 is 17.3 Å². The number of nitriles is 1. The van der Waals surface area contributed by atoms with Crippen LogP contribution in [0.15, 0.2) is 35.4 Å². The molecule has 9 nitrogen and oxygen atoms in total. The van der Waals surface area contributed by atoms with Crippen molar-refractivity contribution in [3.63, 3.8) is 0 Å². The minimum absolute atomic E-state index is 0.0343. The summed E-state index contributed by atoms with van der Waals surface area (Å²) in [6, 6.07) is 6.74. The molecule has 0 aliphatic carbocycles. The van der Waals surface area contributed by atoms with Gasteiger partial charge in [0.05, 0.1) is 22.5 Å². The van der Waals surface area contributed by atoms with Crippen molar-refractivity contribution in [2.75, 3.05) is 5.32 Å². The molecule has 0 bridgehead atoms. The molecule has 0 aliphatic rings. The molecule has 9 heteroatoms. The summed E-state index contributed by atoms with van der Waals surface area (Å²) in [5, 5.41) is 22.3. The lowest BCUT2D eigenvalue weighted by Gasteiger charge is -2.09. The van der Waals surface area contributed by atoms with Crippen molar-refractivity contribution in [1.82, 2.24) is 9.55 Å². The predicted octanol–water partition coefficient (Wildman–Crippen LogP) is 2.00. The number of amides is 1. The molecule has 26 heavy (non-hydrogen) atoms. The van der Waals surface area contributed by atoms with Gasteiger partial charge in [-0.15, -0.1) is 0 Å². The van der Waals surface area contributed by atoms with E-state index in [4.69, 9.17) is 5.26 Å². The molecule has 0 fully saturated rings. The zero-order chi connectivity index (χ0) is 19.1. The van der Waals surface area contributed by atoms with Gasteiger partial charge in [-0.05, 0) is 18.9 Å². The van der Waals surface area contributed by atoms with Crippen molar-refractivity contribution in [3.05, 3.63) is 62.3 Å². The van der Waals surface area contributed by atoms with Crippen molar-refractivity contribution in [2.45, 2.75) is 32.7 Å². The van der Waals surface area contributed by atoms with Crippen molar-refractivity contribution in [1.29, 1.82) is 5.26 Å². The Kier molecular flexibility index (Phi) is 6.16. The fourth-order valence-corrected chi connectivity index (χ4v) is 2.27. The molecular formula is C17H17N5O4. The number of non-ortho nitro benzene ring substituents is 1. The number of carbonyl (C=O) groups excluding carboxylic acids is 1. The van der Waals surface area contributed by atoms with Gasteiger partial charge in [0, 0.05) is 23.9 Å². The highest BCUT2D eigenvalue weighted by Crippen LogP contribution is 2.21. The second-order valence-electron chi connectivity index (χ2n) is 5.60. The standard InChI is InChI=1S/C17H17N5O4/c1-2-3-4-13-8-17(24)21(11-19-13)10-16(23)20-15-6-5-14(22(25)26)7-12(15)9-18/h5-8,11H,2-4,10H2,1H3,(H,20,23). The second-order valence-corrected chi connectivity index (χ2v) is 5.60. The zero-order valence-electron chi connectivity index (χ0n) is 14.1. The number of nitrogens with zero attached hydrogens (tertiary/aromatic N) is 4. The molecule has 1 aromatic carbocycles. The molecule has 0 saturated carbocycles. The molecule has 0 radical (unpaired) electrons. The highest BCUT2D eigenvalue weighted by atomic mass is 16.6. The number of hydrogen-bond donors (Lipinski definition) is 1. The number of hydrogen-bond acceptors (Lipinski definition) is 6. The number of benzene rings is 1. The Hall–Kier alpha value is -3.54. The van der Waals surface area contributed by atoms with Gasteiger partial charge < -0.3 is 5.32 Å². The maximum Gasteiger partial charge on any atom is 0.270 e. The summed E-state index contributed by atoms with van der Waals surface area (Å²) < 4.78 is 1.15. The van der Waals surface area contributed by atoms with E-state index in [2.05, 4.69) is 10.3 Å². The van der Waals surface area contributed by atoms with Crippen molar-refractivity contribution < 1.29 is 9.72 Å². The number of anilines is 1. The van der Waals surface area contributed by atoms with E-state index in [1.807, 2.05) is 6.92 Å². The summed E-state index contributed by atoms with van der Waals surface area (Å²) in [7, 11) is 0. The molecule has 1 N–H and O–H groups in total. The third kappa shape index (κ3) is 4.73. The number of carbonyl (C=O) groups is 1. The molecule has 1 amide bonds. The van der Waals surface area contributed by atoms with Crippen LogP contribution >= 0.6 is 0 Å². The van der Waals surface area contributed by atoms with Gasteiger partial charge in [-0.3, -0.25) is 24.3 Å². The predicted molar refractivity (Wildman–Crippen MR) is 93.6 cm³/mol. The van der Waals surface area contributed by atoms with Gasteiger partial charge in [0.1, 0.15) is 12.6 Å². The van der Waals surface area contributed by atoms with E-state index in [9.17, 15) is 19.7 Å². The topological polar surface area (TPSA) is 131 Å². The first-order chi connectivity index (χ1) is 12.4. The van der Waals surface area contributed by atoms with Crippen LogP contribution in [-0.2, 0) is 17.8 Å². The Morgan fingerprint density at radius 3 is 2.81 bits per heavy atom. The number of unbranched alkanes of at least 4 members (excludes halogenated alkanes) is 1. The van der Waals surface area contributed by atoms with E-state index in [1.165, 1.54) is 24.5 Å². The quantitative estimate of drug-likeness (QED) is 0.597. The minimum atomic E-state index is -0.627. The SMILES string of the molecule is CCCCc1cc(=O)n(CC(=O)Nc2ccc([N+](=O)[O-])cc2C#N)cn1. The molecule has 134 valence electrons. The lowest BCUT2D eigenvalue weighted by molar-refractivity contribution is -0.384. The smallest absolute Gasteiger partial charge is 0.270 e. The van der Waals surface area contributed by atoms with Gasteiger partial charge in [-0.1, -0.05) is 13.3 Å². The summed E-state index contributed by atoms with van der Waals surface area (Å²) in [4.78, 5) is 38.5. The first-order valence-electron chi connectivity index (χ1n) is 7.98. The highest BCUT2D eigenvalue weighted by molar-refractivity contribution is 5.92. The highest BCUT2D eigenvalue weighted by Gasteiger charge is 2.13. The van der Waals surface area contributed by atoms with Gasteiger partial charge >= 0.3 is 0 Å². The Bertz CT molecular complexity index is 929. The first-order valence-corrected chi connectivity index (χ1v) is 7.98. The third-order valence-corrected chi connectivity index (χ3v) is 3.65. The van der Waals surface area contributed by atoms with Crippen molar-refractivity contribution in [2.24, 2.45) is 0 Å². The van der Waals surface area contributed by atoms with Gasteiger partial charge in [-0.25, -0.2) is 4.98 Å². The largest absolute Gasteiger partial charge is 0.323 e. The normalized spacial score (nSPS) is 10.2. The van der Waals surface area contributed by atoms with E-state index < -0.39 is 10.8 Å². The fourth-order valence-electron chi connectivity index (χ4n) is 2.27. The third-order valence-electron chi connectivity index (χ3n) is 3.65. The van der Waals surface area contributed by atoms with Gasteiger partial charge in [-0.2, -0.15) is 5.26 Å². The molecule has 0 unspecified atom stereocenters. The van der Waals surface area contributed by atoms with Crippen LogP contribution in [0, 0.1) is 21.4 Å². The van der Waals surface area contributed by atoms with Crippen LogP contribution in [0.2, 0.25) is 0 Å². The Labute approximate surface area is 149 Å². The second kappa shape index (κ2) is 8.53.